The van der Waals surface area contributed by atoms with Crippen LogP contribution in [0, 0.1) is 5.82 Å². The van der Waals surface area contributed by atoms with E-state index >= 15 is 0 Å². The third-order valence-electron chi connectivity index (χ3n) is 3.03. The molecule has 0 fully saturated rings. The van der Waals surface area contributed by atoms with Crippen molar-refractivity contribution in [3.63, 3.8) is 0 Å². The number of benzene rings is 2. The first-order valence-electron chi connectivity index (χ1n) is 6.66. The third-order valence-corrected chi connectivity index (χ3v) is 3.03. The minimum Gasteiger partial charge on any atom is -0.508 e. The minimum atomic E-state index is -0.501. The maximum Gasteiger partial charge on any atom is 0.271 e. The zero-order chi connectivity index (χ0) is 16.1. The lowest BCUT2D eigenvalue weighted by molar-refractivity contribution is 0.0954. The number of hydrazone groups is 1. The van der Waals surface area contributed by atoms with Crippen LogP contribution in [0.15, 0.2) is 47.6 Å². The normalized spacial score (nSPS) is 11.3. The summed E-state index contributed by atoms with van der Waals surface area (Å²) in [5.74, 6) is -1.03. The molecule has 2 aromatic carbocycles. The quantitative estimate of drug-likeness (QED) is 0.600. The van der Waals surface area contributed by atoms with Crippen molar-refractivity contribution >= 4 is 11.6 Å². The fourth-order valence-corrected chi connectivity index (χ4v) is 1.86. The molecule has 1 amide bonds. The zero-order valence-corrected chi connectivity index (χ0v) is 11.9. The molecule has 6 heteroatoms. The van der Waals surface area contributed by atoms with Gasteiger partial charge in [0.1, 0.15) is 17.3 Å². The predicted octanol–water partition coefficient (Wildman–Crippen LogP) is 2.78. The number of phenolic OH excluding ortho intramolecular Hbond substituents is 2. The van der Waals surface area contributed by atoms with Crippen molar-refractivity contribution in [2.75, 3.05) is 0 Å². The van der Waals surface area contributed by atoms with E-state index in [1.54, 1.807) is 6.92 Å². The van der Waals surface area contributed by atoms with E-state index in [1.165, 1.54) is 30.3 Å². The molecule has 2 rings (SSSR count). The Balaban J connectivity index is 2.20. The SMILES string of the molecule is CCC(=NNC(=O)c1ccc(O)cc1)c1cc(F)ccc1O. The molecule has 0 spiro atoms. The van der Waals surface area contributed by atoms with Crippen molar-refractivity contribution in [3.05, 3.63) is 59.4 Å². The van der Waals surface area contributed by atoms with Crippen LogP contribution in [0.1, 0.15) is 29.3 Å². The summed E-state index contributed by atoms with van der Waals surface area (Å²) in [6, 6.07) is 9.20. The van der Waals surface area contributed by atoms with Crippen molar-refractivity contribution in [1.82, 2.24) is 5.43 Å². The van der Waals surface area contributed by atoms with Crippen LogP contribution in [0.2, 0.25) is 0 Å². The molecule has 0 aromatic heterocycles. The molecule has 114 valence electrons. The van der Waals surface area contributed by atoms with Gasteiger partial charge in [0, 0.05) is 11.1 Å². The lowest BCUT2D eigenvalue weighted by Gasteiger charge is -2.07. The number of hydrogen-bond donors (Lipinski definition) is 3. The lowest BCUT2D eigenvalue weighted by atomic mass is 10.1. The van der Waals surface area contributed by atoms with Crippen LogP contribution in [-0.2, 0) is 0 Å². The van der Waals surface area contributed by atoms with Gasteiger partial charge < -0.3 is 10.2 Å². The van der Waals surface area contributed by atoms with E-state index in [-0.39, 0.29) is 17.1 Å². The Hall–Kier alpha value is -2.89. The van der Waals surface area contributed by atoms with Gasteiger partial charge in [-0.25, -0.2) is 9.82 Å². The third kappa shape index (κ3) is 3.60. The number of halogens is 1. The van der Waals surface area contributed by atoms with Crippen LogP contribution in [0.5, 0.6) is 11.5 Å². The molecule has 0 aliphatic carbocycles. The van der Waals surface area contributed by atoms with Gasteiger partial charge in [0.2, 0.25) is 0 Å². The topological polar surface area (TPSA) is 81.9 Å². The molecule has 0 radical (unpaired) electrons. The Bertz CT molecular complexity index is 712. The second-order valence-electron chi connectivity index (χ2n) is 4.56. The van der Waals surface area contributed by atoms with Crippen molar-refractivity contribution in [1.29, 1.82) is 0 Å². The van der Waals surface area contributed by atoms with Crippen LogP contribution in [0.4, 0.5) is 4.39 Å². The predicted molar refractivity (Wildman–Crippen MR) is 80.5 cm³/mol. The Labute approximate surface area is 126 Å². The van der Waals surface area contributed by atoms with E-state index in [9.17, 15) is 19.4 Å². The zero-order valence-electron chi connectivity index (χ0n) is 11.9. The van der Waals surface area contributed by atoms with Gasteiger partial charge in [0.05, 0.1) is 5.71 Å². The van der Waals surface area contributed by atoms with Gasteiger partial charge in [0.25, 0.3) is 5.91 Å². The largest absolute Gasteiger partial charge is 0.508 e. The van der Waals surface area contributed by atoms with Crippen molar-refractivity contribution in [2.45, 2.75) is 13.3 Å². The second kappa shape index (κ2) is 6.71. The van der Waals surface area contributed by atoms with E-state index in [0.717, 1.165) is 12.1 Å². The molecule has 0 saturated carbocycles. The van der Waals surface area contributed by atoms with Crippen LogP contribution in [0.25, 0.3) is 0 Å². The number of phenols is 2. The van der Waals surface area contributed by atoms with Crippen LogP contribution >= 0.6 is 0 Å². The van der Waals surface area contributed by atoms with E-state index in [1.807, 2.05) is 0 Å². The molecule has 0 saturated heterocycles. The first-order valence-corrected chi connectivity index (χ1v) is 6.66. The highest BCUT2D eigenvalue weighted by Crippen LogP contribution is 2.20. The first-order chi connectivity index (χ1) is 10.5. The van der Waals surface area contributed by atoms with E-state index in [2.05, 4.69) is 10.5 Å². The summed E-state index contributed by atoms with van der Waals surface area (Å²) < 4.78 is 13.3. The molecule has 2 aromatic rings. The van der Waals surface area contributed by atoms with E-state index in [4.69, 9.17) is 0 Å². The summed E-state index contributed by atoms with van der Waals surface area (Å²) in [5, 5.41) is 22.9. The summed E-state index contributed by atoms with van der Waals surface area (Å²) in [5.41, 5.74) is 3.25. The summed E-state index contributed by atoms with van der Waals surface area (Å²) in [7, 11) is 0. The molecule has 5 nitrogen and oxygen atoms in total. The highest BCUT2D eigenvalue weighted by Gasteiger charge is 2.10. The summed E-state index contributed by atoms with van der Waals surface area (Å²) in [4.78, 5) is 11.9. The molecule has 0 unspecified atom stereocenters. The Kier molecular flexibility index (Phi) is 4.73. The smallest absolute Gasteiger partial charge is 0.271 e. The van der Waals surface area contributed by atoms with Gasteiger partial charge in [-0.3, -0.25) is 4.79 Å². The Morgan fingerprint density at radius 2 is 1.86 bits per heavy atom. The van der Waals surface area contributed by atoms with Gasteiger partial charge in [-0.05, 0) is 48.9 Å². The number of hydrogen-bond acceptors (Lipinski definition) is 4. The van der Waals surface area contributed by atoms with Crippen molar-refractivity contribution in [3.8, 4) is 11.5 Å². The first kappa shape index (κ1) is 15.5. The number of aromatic hydroxyl groups is 2. The summed E-state index contributed by atoms with van der Waals surface area (Å²) in [6.45, 7) is 1.77. The molecule has 22 heavy (non-hydrogen) atoms. The lowest BCUT2D eigenvalue weighted by Crippen LogP contribution is -2.20. The van der Waals surface area contributed by atoms with Gasteiger partial charge in [0.15, 0.2) is 0 Å². The molecule has 0 aliphatic rings. The molecular formula is C16H15FN2O3. The maximum atomic E-state index is 13.3. The Morgan fingerprint density at radius 3 is 2.50 bits per heavy atom. The number of rotatable bonds is 4. The van der Waals surface area contributed by atoms with Crippen LogP contribution in [-0.4, -0.2) is 21.8 Å². The maximum absolute atomic E-state index is 13.3. The summed E-state index contributed by atoms with van der Waals surface area (Å²) in [6.07, 6.45) is 0.396. The van der Waals surface area contributed by atoms with E-state index in [0.29, 0.717) is 17.7 Å². The molecular weight excluding hydrogens is 287 g/mol. The van der Waals surface area contributed by atoms with Gasteiger partial charge in [-0.15, -0.1) is 0 Å². The average molecular weight is 302 g/mol. The fraction of sp³-hybridized carbons (Fsp3) is 0.125. The molecule has 0 atom stereocenters. The standard InChI is InChI=1S/C16H15FN2O3/c1-2-14(13-9-11(17)5-8-15(13)21)18-19-16(22)10-3-6-12(20)7-4-10/h3-9,20-21H,2H2,1H3,(H,19,22). The number of carbonyl (C=O) groups excluding carboxylic acids is 1. The molecule has 0 aliphatic heterocycles. The summed E-state index contributed by atoms with van der Waals surface area (Å²) >= 11 is 0. The van der Waals surface area contributed by atoms with Gasteiger partial charge in [-0.2, -0.15) is 5.10 Å². The number of carbonyl (C=O) groups is 1. The highest BCUT2D eigenvalue weighted by molar-refractivity contribution is 6.04. The minimum absolute atomic E-state index is 0.0546. The van der Waals surface area contributed by atoms with Gasteiger partial charge >= 0.3 is 0 Å². The van der Waals surface area contributed by atoms with E-state index < -0.39 is 11.7 Å². The Morgan fingerprint density at radius 1 is 1.18 bits per heavy atom. The monoisotopic (exact) mass is 302 g/mol. The van der Waals surface area contributed by atoms with Crippen LogP contribution in [0.3, 0.4) is 0 Å². The molecule has 0 heterocycles. The van der Waals surface area contributed by atoms with Crippen molar-refractivity contribution in [2.24, 2.45) is 5.10 Å². The average Bonchev–Trinajstić information content (AvgIpc) is 2.51. The number of amides is 1. The molecule has 3 N–H and O–H groups in total. The van der Waals surface area contributed by atoms with Crippen LogP contribution < -0.4 is 5.43 Å². The highest BCUT2D eigenvalue weighted by atomic mass is 19.1. The van der Waals surface area contributed by atoms with Gasteiger partial charge in [-0.1, -0.05) is 6.92 Å². The number of nitrogens with one attached hydrogen (secondary N) is 1. The second-order valence-corrected chi connectivity index (χ2v) is 4.56. The van der Waals surface area contributed by atoms with Crippen molar-refractivity contribution < 1.29 is 19.4 Å². The number of nitrogens with zero attached hydrogens (tertiary/aromatic N) is 1. The fourth-order valence-electron chi connectivity index (χ4n) is 1.86. The molecule has 0 bridgehead atoms.